The lowest BCUT2D eigenvalue weighted by Gasteiger charge is -2.09. The van der Waals surface area contributed by atoms with Crippen molar-refractivity contribution in [3.8, 4) is 16.2 Å². The largest absolute Gasteiger partial charge is 0.573 e. The molecule has 11 heteroatoms. The highest BCUT2D eigenvalue weighted by atomic mass is 32.1. The van der Waals surface area contributed by atoms with Gasteiger partial charge in [0.2, 0.25) is 5.13 Å². The molecule has 2 heterocycles. The molecule has 0 aliphatic carbocycles. The minimum atomic E-state index is -4.78. The molecule has 0 aliphatic rings. The number of aromatic nitrogens is 2. The number of nitrogens with zero attached hydrogens (tertiary/aromatic N) is 2. The van der Waals surface area contributed by atoms with Gasteiger partial charge in [0, 0.05) is 21.3 Å². The van der Waals surface area contributed by atoms with Crippen molar-refractivity contribution in [2.75, 3.05) is 5.32 Å². The monoisotopic (exact) mass is 441 g/mol. The average Bonchev–Trinajstić information content (AvgIpc) is 3.19. The number of alkyl halides is 3. The molecule has 29 heavy (non-hydrogen) atoms. The van der Waals surface area contributed by atoms with Crippen molar-refractivity contribution >= 4 is 39.7 Å². The Labute approximate surface area is 171 Å². The first kappa shape index (κ1) is 20.9. The molecule has 3 aromatic rings. The van der Waals surface area contributed by atoms with Crippen molar-refractivity contribution in [1.82, 2.24) is 9.36 Å². The van der Waals surface area contributed by atoms with E-state index in [0.717, 1.165) is 11.5 Å². The van der Waals surface area contributed by atoms with E-state index in [2.05, 4.69) is 19.4 Å². The minimum Gasteiger partial charge on any atom is -0.406 e. The Bertz CT molecular complexity index is 1060. The van der Waals surface area contributed by atoms with Crippen molar-refractivity contribution in [1.29, 1.82) is 0 Å². The number of ketones is 1. The lowest BCUT2D eigenvalue weighted by atomic mass is 10.1. The zero-order valence-electron chi connectivity index (χ0n) is 15.2. The number of ether oxygens (including phenoxy) is 1. The quantitative estimate of drug-likeness (QED) is 0.591. The first-order valence-electron chi connectivity index (χ1n) is 8.21. The van der Waals surface area contributed by atoms with Gasteiger partial charge in [-0.1, -0.05) is 12.1 Å². The lowest BCUT2D eigenvalue weighted by Crippen LogP contribution is -2.17. The SMILES string of the molecule is CC(=O)Cc1nsc(NC(=O)c2cc(-c3cccc(OC(F)(F)F)c3)sc2C)n1. The van der Waals surface area contributed by atoms with Crippen molar-refractivity contribution < 1.29 is 27.5 Å². The molecule has 1 amide bonds. The van der Waals surface area contributed by atoms with Crippen LogP contribution in [0.5, 0.6) is 5.75 Å². The highest BCUT2D eigenvalue weighted by Crippen LogP contribution is 2.34. The lowest BCUT2D eigenvalue weighted by molar-refractivity contribution is -0.274. The summed E-state index contributed by atoms with van der Waals surface area (Å²) in [4.78, 5) is 29.1. The number of Topliss-reactive ketones (excluding diaryl/α,β-unsaturated/α-hetero) is 1. The second-order valence-electron chi connectivity index (χ2n) is 6.00. The maximum Gasteiger partial charge on any atom is 0.573 e. The molecule has 0 unspecified atom stereocenters. The molecule has 152 valence electrons. The van der Waals surface area contributed by atoms with Gasteiger partial charge in [-0.15, -0.1) is 24.5 Å². The molecule has 1 N–H and O–H groups in total. The predicted molar refractivity (Wildman–Crippen MR) is 103 cm³/mol. The first-order valence-corrected chi connectivity index (χ1v) is 9.79. The summed E-state index contributed by atoms with van der Waals surface area (Å²) in [5, 5.41) is 2.89. The summed E-state index contributed by atoms with van der Waals surface area (Å²) in [6.07, 6.45) is -4.69. The van der Waals surface area contributed by atoms with Gasteiger partial charge < -0.3 is 4.74 Å². The Kier molecular flexibility index (Phi) is 5.99. The topological polar surface area (TPSA) is 81.2 Å². The van der Waals surface area contributed by atoms with Gasteiger partial charge in [-0.3, -0.25) is 14.9 Å². The number of rotatable bonds is 6. The molecular formula is C18H14F3N3O3S2. The number of aryl methyl sites for hydroxylation is 1. The van der Waals surface area contributed by atoms with Gasteiger partial charge in [0.1, 0.15) is 11.5 Å². The number of benzene rings is 1. The first-order chi connectivity index (χ1) is 13.6. The van der Waals surface area contributed by atoms with Gasteiger partial charge in [-0.2, -0.15) is 4.37 Å². The summed E-state index contributed by atoms with van der Waals surface area (Å²) >= 11 is 2.24. The summed E-state index contributed by atoms with van der Waals surface area (Å²) < 4.78 is 45.2. The van der Waals surface area contributed by atoms with Gasteiger partial charge in [-0.05, 0) is 37.6 Å². The molecule has 0 saturated carbocycles. The Hall–Kier alpha value is -2.79. The van der Waals surface area contributed by atoms with Crippen molar-refractivity contribution in [2.45, 2.75) is 26.6 Å². The summed E-state index contributed by atoms with van der Waals surface area (Å²) in [6, 6.07) is 7.15. The van der Waals surface area contributed by atoms with E-state index in [1.54, 1.807) is 19.1 Å². The maximum absolute atomic E-state index is 12.6. The van der Waals surface area contributed by atoms with Gasteiger partial charge >= 0.3 is 6.36 Å². The molecule has 0 bridgehead atoms. The number of amides is 1. The van der Waals surface area contributed by atoms with Gasteiger partial charge in [0.25, 0.3) is 5.91 Å². The third-order valence-corrected chi connectivity index (χ3v) is 5.38. The van der Waals surface area contributed by atoms with Crippen molar-refractivity contribution in [2.24, 2.45) is 0 Å². The molecule has 2 aromatic heterocycles. The summed E-state index contributed by atoms with van der Waals surface area (Å²) in [5.74, 6) is -0.505. The average molecular weight is 441 g/mol. The van der Waals surface area contributed by atoms with E-state index >= 15 is 0 Å². The highest BCUT2D eigenvalue weighted by molar-refractivity contribution is 7.15. The van der Waals surface area contributed by atoms with E-state index < -0.39 is 12.3 Å². The van der Waals surface area contributed by atoms with Crippen molar-refractivity contribution in [3.63, 3.8) is 0 Å². The molecule has 1 aromatic carbocycles. The van der Waals surface area contributed by atoms with E-state index in [9.17, 15) is 22.8 Å². The highest BCUT2D eigenvalue weighted by Gasteiger charge is 2.31. The third-order valence-electron chi connectivity index (χ3n) is 3.61. The summed E-state index contributed by atoms with van der Waals surface area (Å²) in [7, 11) is 0. The van der Waals surface area contributed by atoms with E-state index in [0.29, 0.717) is 26.7 Å². The fraction of sp³-hybridized carbons (Fsp3) is 0.222. The maximum atomic E-state index is 12.6. The molecule has 0 spiro atoms. The normalized spacial score (nSPS) is 11.3. The number of halogens is 3. The third kappa shape index (κ3) is 5.61. The van der Waals surface area contributed by atoms with Crippen LogP contribution < -0.4 is 10.1 Å². The number of hydrogen-bond donors (Lipinski definition) is 1. The Balaban J connectivity index is 1.78. The van der Waals surface area contributed by atoms with Crippen LogP contribution in [0.15, 0.2) is 30.3 Å². The second-order valence-corrected chi connectivity index (χ2v) is 8.01. The van der Waals surface area contributed by atoms with Crippen LogP contribution in [-0.2, 0) is 11.2 Å². The fourth-order valence-electron chi connectivity index (χ4n) is 2.46. The van der Waals surface area contributed by atoms with Crippen LogP contribution in [0.2, 0.25) is 0 Å². The standard InChI is InChI=1S/C18H14F3N3O3S2/c1-9(25)6-15-22-17(29-24-15)23-16(26)13-8-14(28-10(13)2)11-4-3-5-12(7-11)27-18(19,20)21/h3-5,7-8H,6H2,1-2H3,(H,22,23,24,26). The van der Waals surface area contributed by atoms with Crippen LogP contribution in [0.1, 0.15) is 28.0 Å². The summed E-state index contributed by atoms with van der Waals surface area (Å²) in [6.45, 7) is 3.16. The Morgan fingerprint density at radius 3 is 2.69 bits per heavy atom. The van der Waals surface area contributed by atoms with Crippen molar-refractivity contribution in [3.05, 3.63) is 46.6 Å². The number of carbonyl (C=O) groups is 2. The number of anilines is 1. The van der Waals surface area contributed by atoms with Crippen LogP contribution in [0.3, 0.4) is 0 Å². The van der Waals surface area contributed by atoms with Crippen LogP contribution in [0.25, 0.3) is 10.4 Å². The number of hydrogen-bond acceptors (Lipinski definition) is 7. The Morgan fingerprint density at radius 1 is 1.24 bits per heavy atom. The van der Waals surface area contributed by atoms with E-state index in [4.69, 9.17) is 0 Å². The minimum absolute atomic E-state index is 0.0873. The van der Waals surface area contributed by atoms with Gasteiger partial charge in [0.05, 0.1) is 12.0 Å². The van der Waals surface area contributed by atoms with Crippen LogP contribution in [-0.4, -0.2) is 27.4 Å². The van der Waals surface area contributed by atoms with Crippen LogP contribution in [0.4, 0.5) is 18.3 Å². The molecule has 6 nitrogen and oxygen atoms in total. The van der Waals surface area contributed by atoms with Gasteiger partial charge in [0.15, 0.2) is 5.82 Å². The molecule has 3 rings (SSSR count). The molecule has 0 saturated heterocycles. The number of carbonyl (C=O) groups excluding carboxylic acids is 2. The summed E-state index contributed by atoms with van der Waals surface area (Å²) in [5.41, 5.74) is 0.869. The molecule has 0 aliphatic heterocycles. The van der Waals surface area contributed by atoms with E-state index in [1.807, 2.05) is 0 Å². The predicted octanol–water partition coefficient (Wildman–Crippen LogP) is 4.86. The number of thiophene rings is 1. The second kappa shape index (κ2) is 8.29. The van der Waals surface area contributed by atoms with Gasteiger partial charge in [-0.25, -0.2) is 4.98 Å². The van der Waals surface area contributed by atoms with E-state index in [1.165, 1.54) is 36.5 Å². The molecule has 0 atom stereocenters. The molecular weight excluding hydrogens is 427 g/mol. The number of nitrogens with one attached hydrogen (secondary N) is 1. The van der Waals surface area contributed by atoms with Crippen LogP contribution >= 0.6 is 22.9 Å². The zero-order valence-corrected chi connectivity index (χ0v) is 16.8. The van der Waals surface area contributed by atoms with E-state index in [-0.39, 0.29) is 23.1 Å². The smallest absolute Gasteiger partial charge is 0.406 e. The zero-order chi connectivity index (χ0) is 21.2. The van der Waals surface area contributed by atoms with Crippen LogP contribution in [0, 0.1) is 6.92 Å². The Morgan fingerprint density at radius 2 is 2.00 bits per heavy atom. The fourth-order valence-corrected chi connectivity index (χ4v) is 4.05. The molecule has 0 radical (unpaired) electrons. The molecule has 0 fully saturated rings.